The minimum atomic E-state index is -0.740. The van der Waals surface area contributed by atoms with Gasteiger partial charge in [0.15, 0.2) is 0 Å². The fourth-order valence-corrected chi connectivity index (χ4v) is 2.02. The molecule has 0 spiro atoms. The van der Waals surface area contributed by atoms with Crippen molar-refractivity contribution in [3.63, 3.8) is 0 Å². The molecule has 106 valence electrons. The Morgan fingerprint density at radius 2 is 1.80 bits per heavy atom. The number of hydrogen-bond acceptors (Lipinski definition) is 6. The Kier molecular flexibility index (Phi) is 3.89. The van der Waals surface area contributed by atoms with E-state index in [1.807, 2.05) is 0 Å². The number of carbonyl (C=O) groups excluding carboxylic acids is 1. The number of amides is 1. The third kappa shape index (κ3) is 3.06. The molecule has 2 rings (SSSR count). The van der Waals surface area contributed by atoms with Crippen molar-refractivity contribution in [2.24, 2.45) is 0 Å². The summed E-state index contributed by atoms with van der Waals surface area (Å²) in [6, 6.07) is 2.68. The molecule has 20 heavy (non-hydrogen) atoms. The summed E-state index contributed by atoms with van der Waals surface area (Å²) in [5.74, 6) is -0.350. The maximum atomic E-state index is 11.9. The second-order valence-corrected chi connectivity index (χ2v) is 4.39. The molecule has 2 N–H and O–H groups in total. The maximum absolute atomic E-state index is 11.9. The minimum Gasteiger partial charge on any atom is -0.324 e. The van der Waals surface area contributed by atoms with Crippen molar-refractivity contribution in [2.45, 2.75) is 18.9 Å². The molecule has 9 heteroatoms. The Hall–Kier alpha value is -2.55. The quantitative estimate of drug-likeness (QED) is 0.630. The van der Waals surface area contributed by atoms with Gasteiger partial charge >= 0.3 is 0 Å². The van der Waals surface area contributed by atoms with Crippen LogP contribution in [-0.4, -0.2) is 28.3 Å². The first-order chi connectivity index (χ1) is 9.47. The Bertz CT molecular complexity index is 536. The smallest absolute Gasteiger partial charge is 0.278 e. The molecule has 0 aliphatic carbocycles. The number of nitro groups is 2. The highest BCUT2D eigenvalue weighted by Gasteiger charge is 2.23. The number of nitrogens with one attached hydrogen (secondary N) is 2. The van der Waals surface area contributed by atoms with Gasteiger partial charge in [-0.3, -0.25) is 25.0 Å². The van der Waals surface area contributed by atoms with Crippen LogP contribution in [0.1, 0.15) is 12.8 Å². The van der Waals surface area contributed by atoms with Gasteiger partial charge in [0, 0.05) is 12.1 Å². The Morgan fingerprint density at radius 1 is 1.20 bits per heavy atom. The van der Waals surface area contributed by atoms with Crippen molar-refractivity contribution in [1.29, 1.82) is 0 Å². The van der Waals surface area contributed by atoms with E-state index in [-0.39, 0.29) is 17.6 Å². The van der Waals surface area contributed by atoms with E-state index in [1.165, 1.54) is 0 Å². The summed E-state index contributed by atoms with van der Waals surface area (Å²) in [5, 5.41) is 26.9. The van der Waals surface area contributed by atoms with Crippen LogP contribution in [0.2, 0.25) is 0 Å². The monoisotopic (exact) mass is 280 g/mol. The molecule has 0 bridgehead atoms. The van der Waals surface area contributed by atoms with E-state index >= 15 is 0 Å². The average Bonchev–Trinajstić information content (AvgIpc) is 2.92. The van der Waals surface area contributed by atoms with Gasteiger partial charge < -0.3 is 10.6 Å². The van der Waals surface area contributed by atoms with Crippen LogP contribution in [0, 0.1) is 20.2 Å². The number of rotatable bonds is 4. The zero-order valence-electron chi connectivity index (χ0n) is 10.4. The number of non-ortho nitro benzene ring substituents is 2. The molecule has 1 aromatic rings. The summed E-state index contributed by atoms with van der Waals surface area (Å²) >= 11 is 0. The van der Waals surface area contributed by atoms with Crippen molar-refractivity contribution < 1.29 is 14.6 Å². The summed E-state index contributed by atoms with van der Waals surface area (Å²) in [6.45, 7) is 0.729. The van der Waals surface area contributed by atoms with Crippen LogP contribution < -0.4 is 10.6 Å². The number of hydrogen-bond donors (Lipinski definition) is 2. The van der Waals surface area contributed by atoms with Crippen LogP contribution in [0.3, 0.4) is 0 Å². The zero-order valence-corrected chi connectivity index (χ0v) is 10.4. The van der Waals surface area contributed by atoms with Crippen LogP contribution in [0.15, 0.2) is 18.2 Å². The highest BCUT2D eigenvalue weighted by atomic mass is 16.6. The lowest BCUT2D eigenvalue weighted by molar-refractivity contribution is -0.394. The van der Waals surface area contributed by atoms with Gasteiger partial charge in [-0.2, -0.15) is 0 Å². The van der Waals surface area contributed by atoms with Crippen molar-refractivity contribution in [2.75, 3.05) is 11.9 Å². The van der Waals surface area contributed by atoms with Crippen LogP contribution in [0.5, 0.6) is 0 Å². The van der Waals surface area contributed by atoms with E-state index < -0.39 is 21.2 Å². The summed E-state index contributed by atoms with van der Waals surface area (Å²) < 4.78 is 0. The maximum Gasteiger partial charge on any atom is 0.278 e. The topological polar surface area (TPSA) is 127 Å². The van der Waals surface area contributed by atoms with Gasteiger partial charge in [0.25, 0.3) is 11.4 Å². The average molecular weight is 280 g/mol. The molecule has 0 saturated carbocycles. The molecule has 9 nitrogen and oxygen atoms in total. The number of anilines is 1. The van der Waals surface area contributed by atoms with Gasteiger partial charge in [0.05, 0.1) is 27.6 Å². The lowest BCUT2D eigenvalue weighted by Gasteiger charge is -2.10. The normalized spacial score (nSPS) is 17.7. The molecule has 1 aliphatic rings. The molecule has 1 amide bonds. The highest BCUT2D eigenvalue weighted by molar-refractivity contribution is 5.95. The van der Waals surface area contributed by atoms with Crippen LogP contribution in [0.25, 0.3) is 0 Å². The van der Waals surface area contributed by atoms with Crippen molar-refractivity contribution in [3.05, 3.63) is 38.4 Å². The summed E-state index contributed by atoms with van der Waals surface area (Å²) in [7, 11) is 0. The molecule has 1 fully saturated rings. The van der Waals surface area contributed by atoms with Gasteiger partial charge in [-0.25, -0.2) is 0 Å². The van der Waals surface area contributed by atoms with Gasteiger partial charge in [-0.05, 0) is 19.4 Å². The Balaban J connectivity index is 2.23. The standard InChI is InChI=1S/C11H12N4O5/c16-11(10-2-1-3-12-10)13-7-4-8(14(17)18)6-9(5-7)15(19)20/h4-6,10,12H,1-3H2,(H,13,16)/t10-/m0/s1. The second-order valence-electron chi connectivity index (χ2n) is 4.39. The molecular weight excluding hydrogens is 268 g/mol. The summed E-state index contributed by atoms with van der Waals surface area (Å²) in [4.78, 5) is 31.8. The molecule has 1 aromatic carbocycles. The largest absolute Gasteiger partial charge is 0.324 e. The first-order valence-electron chi connectivity index (χ1n) is 5.95. The molecule has 0 aromatic heterocycles. The highest BCUT2D eigenvalue weighted by Crippen LogP contribution is 2.26. The van der Waals surface area contributed by atoms with Crippen LogP contribution in [-0.2, 0) is 4.79 Å². The number of carbonyl (C=O) groups is 1. The number of nitro benzene ring substituents is 2. The van der Waals surface area contributed by atoms with E-state index in [9.17, 15) is 25.0 Å². The molecular formula is C11H12N4O5. The van der Waals surface area contributed by atoms with Crippen molar-refractivity contribution in [3.8, 4) is 0 Å². The molecule has 1 atom stereocenters. The van der Waals surface area contributed by atoms with Gasteiger partial charge in [-0.1, -0.05) is 0 Å². The fourth-order valence-electron chi connectivity index (χ4n) is 2.02. The Morgan fingerprint density at radius 3 is 2.25 bits per heavy atom. The lowest BCUT2D eigenvalue weighted by Crippen LogP contribution is -2.35. The molecule has 1 heterocycles. The summed E-state index contributed by atoms with van der Waals surface area (Å²) in [5.41, 5.74) is -0.827. The van der Waals surface area contributed by atoms with Crippen LogP contribution in [0.4, 0.5) is 17.1 Å². The first kappa shape index (κ1) is 13.9. The zero-order chi connectivity index (χ0) is 14.7. The third-order valence-corrected chi connectivity index (χ3v) is 2.97. The second kappa shape index (κ2) is 5.61. The van der Waals surface area contributed by atoms with Crippen molar-refractivity contribution in [1.82, 2.24) is 5.32 Å². The molecule has 1 saturated heterocycles. The van der Waals surface area contributed by atoms with Gasteiger partial charge in [0.1, 0.15) is 0 Å². The minimum absolute atomic E-state index is 0.0459. The summed E-state index contributed by atoms with van der Waals surface area (Å²) in [6.07, 6.45) is 1.54. The fraction of sp³-hybridized carbons (Fsp3) is 0.364. The van der Waals surface area contributed by atoms with E-state index in [1.54, 1.807) is 0 Å². The van der Waals surface area contributed by atoms with Gasteiger partial charge in [-0.15, -0.1) is 0 Å². The van der Waals surface area contributed by atoms with Crippen molar-refractivity contribution >= 4 is 23.0 Å². The SMILES string of the molecule is O=C(Nc1cc([N+](=O)[O-])cc([N+](=O)[O-])c1)[C@@H]1CCCN1. The molecule has 1 aliphatic heterocycles. The molecule has 0 radical (unpaired) electrons. The molecule has 0 unspecified atom stereocenters. The first-order valence-corrected chi connectivity index (χ1v) is 5.95. The Labute approximate surface area is 113 Å². The van der Waals surface area contributed by atoms with E-state index in [0.29, 0.717) is 6.42 Å². The number of nitrogens with zero attached hydrogens (tertiary/aromatic N) is 2. The predicted molar refractivity (Wildman–Crippen MR) is 69.4 cm³/mol. The van der Waals surface area contributed by atoms with E-state index in [2.05, 4.69) is 10.6 Å². The predicted octanol–water partition coefficient (Wildman–Crippen LogP) is 1.19. The van der Waals surface area contributed by atoms with E-state index in [4.69, 9.17) is 0 Å². The van der Waals surface area contributed by atoms with E-state index in [0.717, 1.165) is 31.2 Å². The van der Waals surface area contributed by atoms with Gasteiger partial charge in [0.2, 0.25) is 5.91 Å². The third-order valence-electron chi connectivity index (χ3n) is 2.97. The lowest BCUT2D eigenvalue weighted by atomic mass is 10.2. The number of benzene rings is 1. The van der Waals surface area contributed by atoms with Crippen LogP contribution >= 0.6 is 0 Å².